The Bertz CT molecular complexity index is 760. The van der Waals surface area contributed by atoms with E-state index in [4.69, 9.17) is 22.5 Å². The van der Waals surface area contributed by atoms with Crippen LogP contribution < -0.4 is 16.2 Å². The van der Waals surface area contributed by atoms with Crippen LogP contribution in [0.2, 0.25) is 5.02 Å². The Morgan fingerprint density at radius 2 is 1.85 bits per heavy atom. The molecule has 0 aliphatic heterocycles. The highest BCUT2D eigenvalue weighted by Crippen LogP contribution is 2.28. The minimum atomic E-state index is -3.81. The van der Waals surface area contributed by atoms with Gasteiger partial charge in [0.25, 0.3) is 0 Å². The van der Waals surface area contributed by atoms with Crippen molar-refractivity contribution in [1.29, 1.82) is 0 Å². The van der Waals surface area contributed by atoms with Gasteiger partial charge in [0.05, 0.1) is 15.6 Å². The summed E-state index contributed by atoms with van der Waals surface area (Å²) in [5.74, 6) is 0. The monoisotopic (exact) mass is 311 g/mol. The minimum absolute atomic E-state index is 0.0526. The molecule has 20 heavy (non-hydrogen) atoms. The molecule has 2 rings (SSSR count). The molecule has 0 bridgehead atoms. The van der Waals surface area contributed by atoms with Crippen molar-refractivity contribution in [3.8, 4) is 0 Å². The number of sulfonamides is 1. The molecule has 0 saturated heterocycles. The third kappa shape index (κ3) is 3.41. The van der Waals surface area contributed by atoms with E-state index in [1.165, 1.54) is 12.1 Å². The number of benzene rings is 2. The van der Waals surface area contributed by atoms with Gasteiger partial charge in [0.1, 0.15) is 0 Å². The van der Waals surface area contributed by atoms with E-state index >= 15 is 0 Å². The number of hydrogen-bond acceptors (Lipinski definition) is 4. The Balaban J connectivity index is 2.41. The van der Waals surface area contributed by atoms with Crippen molar-refractivity contribution < 1.29 is 8.42 Å². The van der Waals surface area contributed by atoms with Crippen LogP contribution in [0.15, 0.2) is 41.3 Å². The zero-order valence-electron chi connectivity index (χ0n) is 10.7. The van der Waals surface area contributed by atoms with Crippen LogP contribution in [0.5, 0.6) is 0 Å². The first kappa shape index (κ1) is 14.6. The summed E-state index contributed by atoms with van der Waals surface area (Å²) in [7, 11) is -3.81. The summed E-state index contributed by atoms with van der Waals surface area (Å²) in [6.45, 7) is 1.93. The van der Waals surface area contributed by atoms with Crippen molar-refractivity contribution in [3.05, 3.63) is 47.0 Å². The smallest absolute Gasteiger partial charge is 0.238 e. The van der Waals surface area contributed by atoms with E-state index < -0.39 is 10.0 Å². The second-order valence-corrected chi connectivity index (χ2v) is 6.41. The standard InChI is InChI=1S/C13H14ClN3O2S/c1-8-2-3-13(12(14)4-8)17-10-5-9(15)6-11(7-10)20(16,18)19/h2-7,17H,15H2,1H3,(H2,16,18,19). The SMILES string of the molecule is Cc1ccc(Nc2cc(N)cc(S(N)(=O)=O)c2)c(Cl)c1. The second-order valence-electron chi connectivity index (χ2n) is 4.44. The third-order valence-corrected chi connectivity index (χ3v) is 3.87. The number of nitrogen functional groups attached to an aromatic ring is 1. The Labute approximate surface area is 122 Å². The van der Waals surface area contributed by atoms with Crippen LogP contribution in [0, 0.1) is 6.92 Å². The zero-order chi connectivity index (χ0) is 14.9. The van der Waals surface area contributed by atoms with Gasteiger partial charge in [0, 0.05) is 11.4 Å². The molecule has 2 aromatic rings. The number of nitrogens with two attached hydrogens (primary N) is 2. The Hall–Kier alpha value is -1.76. The second kappa shape index (κ2) is 5.32. The van der Waals surface area contributed by atoms with Gasteiger partial charge in [-0.1, -0.05) is 17.7 Å². The van der Waals surface area contributed by atoms with Crippen LogP contribution in [0.25, 0.3) is 0 Å². The predicted octanol–water partition coefficient (Wildman–Crippen LogP) is 2.62. The summed E-state index contributed by atoms with van der Waals surface area (Å²) in [6, 6.07) is 9.80. The summed E-state index contributed by atoms with van der Waals surface area (Å²) < 4.78 is 22.7. The number of anilines is 3. The van der Waals surface area contributed by atoms with Gasteiger partial charge < -0.3 is 11.1 Å². The van der Waals surface area contributed by atoms with Crippen LogP contribution in [0.3, 0.4) is 0 Å². The molecule has 0 unspecified atom stereocenters. The summed E-state index contributed by atoms with van der Waals surface area (Å²) in [4.78, 5) is -0.0526. The summed E-state index contributed by atoms with van der Waals surface area (Å²) in [6.07, 6.45) is 0. The van der Waals surface area contributed by atoms with E-state index in [2.05, 4.69) is 5.32 Å². The number of halogens is 1. The van der Waals surface area contributed by atoms with Gasteiger partial charge in [-0.3, -0.25) is 0 Å². The molecule has 0 amide bonds. The number of nitrogens with one attached hydrogen (secondary N) is 1. The lowest BCUT2D eigenvalue weighted by atomic mass is 10.2. The topological polar surface area (TPSA) is 98.2 Å². The van der Waals surface area contributed by atoms with E-state index in [9.17, 15) is 8.42 Å². The van der Waals surface area contributed by atoms with Gasteiger partial charge in [-0.2, -0.15) is 0 Å². The first-order chi connectivity index (χ1) is 9.25. The average molecular weight is 312 g/mol. The van der Waals surface area contributed by atoms with Crippen molar-refractivity contribution in [2.24, 2.45) is 5.14 Å². The molecule has 0 radical (unpaired) electrons. The zero-order valence-corrected chi connectivity index (χ0v) is 12.3. The Morgan fingerprint density at radius 3 is 2.45 bits per heavy atom. The molecule has 5 N–H and O–H groups in total. The molecule has 5 nitrogen and oxygen atoms in total. The van der Waals surface area contributed by atoms with Crippen molar-refractivity contribution in [3.63, 3.8) is 0 Å². The van der Waals surface area contributed by atoms with Gasteiger partial charge in [-0.25, -0.2) is 13.6 Å². The van der Waals surface area contributed by atoms with Gasteiger partial charge >= 0.3 is 0 Å². The van der Waals surface area contributed by atoms with Crippen molar-refractivity contribution in [2.75, 3.05) is 11.1 Å². The third-order valence-electron chi connectivity index (χ3n) is 2.66. The highest BCUT2D eigenvalue weighted by molar-refractivity contribution is 7.89. The van der Waals surface area contributed by atoms with Gasteiger partial charge in [-0.15, -0.1) is 0 Å². The normalized spacial score (nSPS) is 11.3. The number of aryl methyl sites for hydroxylation is 1. The van der Waals surface area contributed by atoms with E-state index in [0.717, 1.165) is 5.56 Å². The fourth-order valence-corrected chi connectivity index (χ4v) is 2.61. The minimum Gasteiger partial charge on any atom is -0.399 e. The van der Waals surface area contributed by atoms with E-state index in [1.54, 1.807) is 18.2 Å². The predicted molar refractivity (Wildman–Crippen MR) is 81.7 cm³/mol. The van der Waals surface area contributed by atoms with Crippen molar-refractivity contribution >= 4 is 38.7 Å². The quantitative estimate of drug-likeness (QED) is 0.759. The molecular formula is C13H14ClN3O2S. The fraction of sp³-hybridized carbons (Fsp3) is 0.0769. The summed E-state index contributed by atoms with van der Waals surface area (Å²) >= 11 is 6.11. The molecule has 106 valence electrons. The van der Waals surface area contributed by atoms with Gasteiger partial charge in [-0.05, 0) is 42.8 Å². The van der Waals surface area contributed by atoms with Crippen molar-refractivity contribution in [1.82, 2.24) is 0 Å². The highest BCUT2D eigenvalue weighted by Gasteiger charge is 2.10. The van der Waals surface area contributed by atoms with Crippen LogP contribution in [0.4, 0.5) is 17.1 Å². The van der Waals surface area contributed by atoms with E-state index in [1.807, 2.05) is 13.0 Å². The molecule has 0 aromatic heterocycles. The lowest BCUT2D eigenvalue weighted by molar-refractivity contribution is 0.598. The molecule has 0 heterocycles. The first-order valence-corrected chi connectivity index (χ1v) is 7.65. The largest absolute Gasteiger partial charge is 0.399 e. The highest BCUT2D eigenvalue weighted by atomic mass is 35.5. The lowest BCUT2D eigenvalue weighted by Crippen LogP contribution is -2.12. The number of rotatable bonds is 3. The van der Waals surface area contributed by atoms with Crippen LogP contribution in [-0.4, -0.2) is 8.42 Å². The molecular weight excluding hydrogens is 298 g/mol. The maximum atomic E-state index is 11.4. The van der Waals surface area contributed by atoms with Crippen LogP contribution >= 0.6 is 11.6 Å². The van der Waals surface area contributed by atoms with Crippen LogP contribution in [0.1, 0.15) is 5.56 Å². The number of primary sulfonamides is 1. The molecule has 0 spiro atoms. The molecule has 7 heteroatoms. The molecule has 0 atom stereocenters. The molecule has 0 saturated carbocycles. The Kier molecular flexibility index (Phi) is 3.89. The molecule has 0 fully saturated rings. The van der Waals surface area contributed by atoms with E-state index in [0.29, 0.717) is 22.1 Å². The summed E-state index contributed by atoms with van der Waals surface area (Å²) in [5.41, 5.74) is 8.15. The maximum Gasteiger partial charge on any atom is 0.238 e. The van der Waals surface area contributed by atoms with Gasteiger partial charge in [0.15, 0.2) is 0 Å². The van der Waals surface area contributed by atoms with Gasteiger partial charge in [0.2, 0.25) is 10.0 Å². The fourth-order valence-electron chi connectivity index (χ4n) is 1.74. The Morgan fingerprint density at radius 1 is 1.15 bits per heavy atom. The summed E-state index contributed by atoms with van der Waals surface area (Å²) in [5, 5.41) is 8.65. The van der Waals surface area contributed by atoms with Crippen LogP contribution in [-0.2, 0) is 10.0 Å². The number of hydrogen-bond donors (Lipinski definition) is 3. The lowest BCUT2D eigenvalue weighted by Gasteiger charge is -2.11. The maximum absolute atomic E-state index is 11.4. The molecule has 0 aliphatic rings. The first-order valence-electron chi connectivity index (χ1n) is 5.72. The van der Waals surface area contributed by atoms with Crippen molar-refractivity contribution in [2.45, 2.75) is 11.8 Å². The average Bonchev–Trinajstić information content (AvgIpc) is 2.31. The molecule has 0 aliphatic carbocycles. The van der Waals surface area contributed by atoms with E-state index in [-0.39, 0.29) is 4.90 Å². The molecule has 2 aromatic carbocycles.